The van der Waals surface area contributed by atoms with Gasteiger partial charge in [0, 0.05) is 10.6 Å². The molecule has 5 nitrogen and oxygen atoms in total. The van der Waals surface area contributed by atoms with Gasteiger partial charge in [-0.15, -0.1) is 5.10 Å². The molecule has 27 heavy (non-hydrogen) atoms. The number of nitrogens with zero attached hydrogens (tertiary/aromatic N) is 2. The molecule has 1 atom stereocenters. The van der Waals surface area contributed by atoms with Crippen molar-refractivity contribution in [2.24, 2.45) is 0 Å². The predicted molar refractivity (Wildman–Crippen MR) is 110 cm³/mol. The largest absolute Gasteiger partial charge is 0.349 e. The summed E-state index contributed by atoms with van der Waals surface area (Å²) in [5, 5.41) is 11.4. The van der Waals surface area contributed by atoms with Gasteiger partial charge in [0.2, 0.25) is 11.1 Å². The number of benzene rings is 2. The number of halogens is 1. The van der Waals surface area contributed by atoms with Crippen molar-refractivity contribution < 1.29 is 4.79 Å². The SMILES string of the molecule is CCCC(NC(=O)CSc1n[nH]c(-c2ccc(Cl)cc2)n1)c1ccccc1. The molecule has 0 fully saturated rings. The zero-order chi connectivity index (χ0) is 19.1. The van der Waals surface area contributed by atoms with E-state index in [0.29, 0.717) is 16.0 Å². The summed E-state index contributed by atoms with van der Waals surface area (Å²) in [6.45, 7) is 2.11. The van der Waals surface area contributed by atoms with E-state index in [1.54, 1.807) is 12.1 Å². The molecule has 0 aliphatic rings. The van der Waals surface area contributed by atoms with E-state index < -0.39 is 0 Å². The summed E-state index contributed by atoms with van der Waals surface area (Å²) in [5.41, 5.74) is 2.02. The van der Waals surface area contributed by atoms with Gasteiger partial charge in [-0.3, -0.25) is 9.89 Å². The Hall–Kier alpha value is -2.31. The molecule has 2 N–H and O–H groups in total. The Morgan fingerprint density at radius 2 is 1.93 bits per heavy atom. The van der Waals surface area contributed by atoms with E-state index in [-0.39, 0.29) is 17.7 Å². The number of thioether (sulfide) groups is 1. The quantitative estimate of drug-likeness (QED) is 0.529. The van der Waals surface area contributed by atoms with E-state index in [0.717, 1.165) is 24.0 Å². The first-order valence-corrected chi connectivity index (χ1v) is 10.2. The molecule has 1 unspecified atom stereocenters. The molecule has 3 aromatic rings. The van der Waals surface area contributed by atoms with E-state index >= 15 is 0 Å². The fraction of sp³-hybridized carbons (Fsp3) is 0.250. The first-order chi connectivity index (χ1) is 13.2. The van der Waals surface area contributed by atoms with Gasteiger partial charge in [-0.1, -0.05) is 67.0 Å². The molecule has 1 aromatic heterocycles. The fourth-order valence-corrected chi connectivity index (χ4v) is 3.45. The number of aromatic nitrogens is 3. The molecule has 0 saturated carbocycles. The molecule has 0 aliphatic carbocycles. The Bertz CT molecular complexity index is 867. The van der Waals surface area contributed by atoms with Crippen LogP contribution in [0.5, 0.6) is 0 Å². The molecule has 7 heteroatoms. The Labute approximate surface area is 167 Å². The Balaban J connectivity index is 1.56. The lowest BCUT2D eigenvalue weighted by molar-refractivity contribution is -0.119. The number of hydrogen-bond acceptors (Lipinski definition) is 4. The van der Waals surface area contributed by atoms with Crippen molar-refractivity contribution in [3.8, 4) is 11.4 Å². The molecule has 0 spiro atoms. The smallest absolute Gasteiger partial charge is 0.230 e. The summed E-state index contributed by atoms with van der Waals surface area (Å²) in [5.74, 6) is 0.896. The standard InChI is InChI=1S/C20H21ClN4OS/c1-2-6-17(14-7-4-3-5-8-14)22-18(26)13-27-20-23-19(24-25-20)15-9-11-16(21)12-10-15/h3-5,7-12,17H,2,6,13H2,1H3,(H,22,26)(H,23,24,25). The summed E-state index contributed by atoms with van der Waals surface area (Å²) in [4.78, 5) is 16.8. The second kappa shape index (κ2) is 9.58. The topological polar surface area (TPSA) is 70.7 Å². The van der Waals surface area contributed by atoms with Gasteiger partial charge in [-0.25, -0.2) is 4.98 Å². The lowest BCUT2D eigenvalue weighted by Crippen LogP contribution is -2.29. The third-order valence-electron chi connectivity index (χ3n) is 4.03. The van der Waals surface area contributed by atoms with Gasteiger partial charge in [-0.05, 0) is 36.2 Å². The number of carbonyl (C=O) groups excluding carboxylic acids is 1. The molecular formula is C20H21ClN4OS. The normalized spacial score (nSPS) is 11.9. The lowest BCUT2D eigenvalue weighted by Gasteiger charge is -2.18. The minimum absolute atomic E-state index is 0.0276. The van der Waals surface area contributed by atoms with E-state index in [2.05, 4.69) is 27.4 Å². The Morgan fingerprint density at radius 1 is 1.19 bits per heavy atom. The van der Waals surface area contributed by atoms with Crippen LogP contribution in [0, 0.1) is 0 Å². The van der Waals surface area contributed by atoms with Crippen LogP contribution in [-0.4, -0.2) is 26.8 Å². The van der Waals surface area contributed by atoms with Gasteiger partial charge >= 0.3 is 0 Å². The van der Waals surface area contributed by atoms with Crippen LogP contribution >= 0.6 is 23.4 Å². The molecule has 0 radical (unpaired) electrons. The highest BCUT2D eigenvalue weighted by molar-refractivity contribution is 7.99. The van der Waals surface area contributed by atoms with Crippen molar-refractivity contribution in [3.63, 3.8) is 0 Å². The molecule has 1 amide bonds. The minimum Gasteiger partial charge on any atom is -0.349 e. The highest BCUT2D eigenvalue weighted by Gasteiger charge is 2.15. The highest BCUT2D eigenvalue weighted by Crippen LogP contribution is 2.22. The van der Waals surface area contributed by atoms with Crippen LogP contribution in [0.15, 0.2) is 59.8 Å². The highest BCUT2D eigenvalue weighted by atomic mass is 35.5. The van der Waals surface area contributed by atoms with Crippen molar-refractivity contribution in [1.29, 1.82) is 0 Å². The molecule has 0 saturated heterocycles. The second-order valence-electron chi connectivity index (χ2n) is 6.08. The predicted octanol–water partition coefficient (Wildman–Crippen LogP) is 4.87. The van der Waals surface area contributed by atoms with Gasteiger partial charge in [0.05, 0.1) is 11.8 Å². The second-order valence-corrected chi connectivity index (χ2v) is 7.46. The van der Waals surface area contributed by atoms with Gasteiger partial charge < -0.3 is 5.32 Å². The fourth-order valence-electron chi connectivity index (χ4n) is 2.71. The van der Waals surface area contributed by atoms with Crippen molar-refractivity contribution in [3.05, 3.63) is 65.2 Å². The van der Waals surface area contributed by atoms with E-state index in [1.165, 1.54) is 11.8 Å². The zero-order valence-corrected chi connectivity index (χ0v) is 16.6. The van der Waals surface area contributed by atoms with Crippen LogP contribution in [0.4, 0.5) is 0 Å². The molecule has 0 bridgehead atoms. The zero-order valence-electron chi connectivity index (χ0n) is 15.0. The van der Waals surface area contributed by atoms with Crippen LogP contribution in [-0.2, 0) is 4.79 Å². The van der Waals surface area contributed by atoms with Gasteiger partial charge in [0.15, 0.2) is 5.82 Å². The van der Waals surface area contributed by atoms with Crippen molar-refractivity contribution in [2.45, 2.75) is 31.0 Å². The van der Waals surface area contributed by atoms with Gasteiger partial charge in [0.25, 0.3) is 0 Å². The number of amides is 1. The number of nitrogens with one attached hydrogen (secondary N) is 2. The van der Waals surface area contributed by atoms with Gasteiger partial charge in [0.1, 0.15) is 0 Å². The molecule has 3 rings (SSSR count). The summed E-state index contributed by atoms with van der Waals surface area (Å²) < 4.78 is 0. The van der Waals surface area contributed by atoms with Crippen LogP contribution < -0.4 is 5.32 Å². The number of hydrogen-bond donors (Lipinski definition) is 2. The maximum absolute atomic E-state index is 12.4. The molecular weight excluding hydrogens is 380 g/mol. The molecule has 1 heterocycles. The maximum atomic E-state index is 12.4. The molecule has 140 valence electrons. The van der Waals surface area contributed by atoms with E-state index in [4.69, 9.17) is 11.6 Å². The van der Waals surface area contributed by atoms with E-state index in [9.17, 15) is 4.79 Å². The number of H-pyrrole nitrogens is 1. The van der Waals surface area contributed by atoms with Crippen molar-refractivity contribution in [2.75, 3.05) is 5.75 Å². The van der Waals surface area contributed by atoms with E-state index in [1.807, 2.05) is 42.5 Å². The van der Waals surface area contributed by atoms with Crippen LogP contribution in [0.2, 0.25) is 5.02 Å². The first kappa shape index (κ1) is 19.5. The minimum atomic E-state index is -0.0276. The van der Waals surface area contributed by atoms with Crippen LogP contribution in [0.25, 0.3) is 11.4 Å². The average Bonchev–Trinajstić information content (AvgIpc) is 3.16. The number of rotatable bonds is 8. The van der Waals surface area contributed by atoms with Crippen LogP contribution in [0.1, 0.15) is 31.4 Å². The third kappa shape index (κ3) is 5.58. The maximum Gasteiger partial charge on any atom is 0.230 e. The summed E-state index contributed by atoms with van der Waals surface area (Å²) in [6, 6.07) is 17.4. The number of carbonyl (C=O) groups is 1. The summed E-state index contributed by atoms with van der Waals surface area (Å²) in [7, 11) is 0. The monoisotopic (exact) mass is 400 g/mol. The first-order valence-electron chi connectivity index (χ1n) is 8.81. The average molecular weight is 401 g/mol. The van der Waals surface area contributed by atoms with Gasteiger partial charge in [-0.2, -0.15) is 0 Å². The third-order valence-corrected chi connectivity index (χ3v) is 5.13. The van der Waals surface area contributed by atoms with Crippen molar-refractivity contribution >= 4 is 29.3 Å². The summed E-state index contributed by atoms with van der Waals surface area (Å²) >= 11 is 7.21. The lowest BCUT2D eigenvalue weighted by atomic mass is 10.0. The summed E-state index contributed by atoms with van der Waals surface area (Å²) in [6.07, 6.45) is 1.90. The van der Waals surface area contributed by atoms with Crippen LogP contribution in [0.3, 0.4) is 0 Å². The number of aromatic amines is 1. The Morgan fingerprint density at radius 3 is 2.63 bits per heavy atom. The Kier molecular flexibility index (Phi) is 6.90. The molecule has 2 aromatic carbocycles. The molecule has 0 aliphatic heterocycles. The van der Waals surface area contributed by atoms with Crippen molar-refractivity contribution in [1.82, 2.24) is 20.5 Å².